The summed E-state index contributed by atoms with van der Waals surface area (Å²) in [5.41, 5.74) is 3.67. The molecule has 28 heavy (non-hydrogen) atoms. The van der Waals surface area contributed by atoms with E-state index in [0.29, 0.717) is 18.7 Å². The number of urea groups is 1. The molecule has 1 heterocycles. The third kappa shape index (κ3) is 5.03. The summed E-state index contributed by atoms with van der Waals surface area (Å²) in [6.45, 7) is 5.26. The number of nitrogens with zero attached hydrogens (tertiary/aromatic N) is 1. The van der Waals surface area contributed by atoms with E-state index in [9.17, 15) is 9.59 Å². The molecule has 3 rings (SSSR count). The Hall–Kier alpha value is -3.02. The van der Waals surface area contributed by atoms with Crippen LogP contribution in [-0.4, -0.2) is 43.1 Å². The first-order chi connectivity index (χ1) is 13.4. The predicted octanol–water partition coefficient (Wildman–Crippen LogP) is 3.74. The van der Waals surface area contributed by atoms with Crippen LogP contribution in [0, 0.1) is 13.8 Å². The van der Waals surface area contributed by atoms with Gasteiger partial charge in [-0.2, -0.15) is 0 Å². The number of hydrogen-bond donors (Lipinski definition) is 2. The van der Waals surface area contributed by atoms with Crippen molar-refractivity contribution < 1.29 is 14.3 Å². The van der Waals surface area contributed by atoms with Gasteiger partial charge >= 0.3 is 6.03 Å². The zero-order valence-electron chi connectivity index (χ0n) is 16.6. The second-order valence-electron chi connectivity index (χ2n) is 7.27. The molecule has 2 aromatic rings. The van der Waals surface area contributed by atoms with Gasteiger partial charge in [-0.1, -0.05) is 6.07 Å². The van der Waals surface area contributed by atoms with Crippen molar-refractivity contribution in [2.75, 3.05) is 25.5 Å². The highest BCUT2D eigenvalue weighted by Crippen LogP contribution is 2.17. The Kier molecular flexibility index (Phi) is 6.19. The number of methoxy groups -OCH3 is 1. The van der Waals surface area contributed by atoms with Crippen LogP contribution in [0.5, 0.6) is 5.75 Å². The van der Waals surface area contributed by atoms with Crippen LogP contribution in [-0.2, 0) is 0 Å². The SMILES string of the molecule is COc1ccc(C(=O)NC2CCN(C(=O)Nc3cc(C)cc(C)c3)CC2)cc1. The van der Waals surface area contributed by atoms with Gasteiger partial charge < -0.3 is 20.3 Å². The third-order valence-electron chi connectivity index (χ3n) is 4.94. The summed E-state index contributed by atoms with van der Waals surface area (Å²) in [4.78, 5) is 26.7. The van der Waals surface area contributed by atoms with Crippen molar-refractivity contribution in [2.24, 2.45) is 0 Å². The summed E-state index contributed by atoms with van der Waals surface area (Å²) in [7, 11) is 1.60. The molecule has 1 aliphatic rings. The van der Waals surface area contributed by atoms with Gasteiger partial charge in [-0.05, 0) is 74.2 Å². The highest BCUT2D eigenvalue weighted by Gasteiger charge is 2.24. The quantitative estimate of drug-likeness (QED) is 0.848. The molecule has 0 aliphatic carbocycles. The summed E-state index contributed by atoms with van der Waals surface area (Å²) in [5.74, 6) is 0.625. The van der Waals surface area contributed by atoms with E-state index >= 15 is 0 Å². The fourth-order valence-electron chi connectivity index (χ4n) is 3.49. The maximum Gasteiger partial charge on any atom is 0.321 e. The lowest BCUT2D eigenvalue weighted by Gasteiger charge is -2.32. The number of benzene rings is 2. The zero-order chi connectivity index (χ0) is 20.1. The van der Waals surface area contributed by atoms with Crippen molar-refractivity contribution in [1.29, 1.82) is 0 Å². The van der Waals surface area contributed by atoms with E-state index in [1.807, 2.05) is 26.0 Å². The van der Waals surface area contributed by atoms with Crippen LogP contribution in [0.1, 0.15) is 34.3 Å². The van der Waals surface area contributed by atoms with E-state index < -0.39 is 0 Å². The molecule has 3 amide bonds. The molecule has 148 valence electrons. The number of amides is 3. The van der Waals surface area contributed by atoms with Gasteiger partial charge in [-0.15, -0.1) is 0 Å². The molecule has 0 spiro atoms. The molecule has 1 aliphatic heterocycles. The lowest BCUT2D eigenvalue weighted by Crippen LogP contribution is -2.47. The molecule has 1 fully saturated rings. The Morgan fingerprint density at radius 1 is 1.00 bits per heavy atom. The van der Waals surface area contributed by atoms with Gasteiger partial charge in [0.2, 0.25) is 0 Å². The topological polar surface area (TPSA) is 70.7 Å². The number of piperidine rings is 1. The summed E-state index contributed by atoms with van der Waals surface area (Å²) in [6.07, 6.45) is 1.48. The van der Waals surface area contributed by atoms with E-state index in [-0.39, 0.29) is 18.0 Å². The van der Waals surface area contributed by atoms with Crippen LogP contribution in [0.3, 0.4) is 0 Å². The number of anilines is 1. The first-order valence-corrected chi connectivity index (χ1v) is 9.54. The molecule has 2 aromatic carbocycles. The Labute approximate surface area is 165 Å². The second kappa shape index (κ2) is 8.78. The number of likely N-dealkylation sites (tertiary alicyclic amines) is 1. The van der Waals surface area contributed by atoms with Crippen LogP contribution < -0.4 is 15.4 Å². The van der Waals surface area contributed by atoms with E-state index in [1.54, 1.807) is 36.3 Å². The van der Waals surface area contributed by atoms with Gasteiger partial charge in [-0.3, -0.25) is 4.79 Å². The molecule has 2 N–H and O–H groups in total. The predicted molar refractivity (Wildman–Crippen MR) is 110 cm³/mol. The molecule has 6 nitrogen and oxygen atoms in total. The van der Waals surface area contributed by atoms with Crippen molar-refractivity contribution in [1.82, 2.24) is 10.2 Å². The largest absolute Gasteiger partial charge is 0.497 e. The Morgan fingerprint density at radius 3 is 2.18 bits per heavy atom. The van der Waals surface area contributed by atoms with Crippen LogP contribution >= 0.6 is 0 Å². The van der Waals surface area contributed by atoms with Gasteiger partial charge in [0.1, 0.15) is 5.75 Å². The first-order valence-electron chi connectivity index (χ1n) is 9.54. The Balaban J connectivity index is 1.49. The summed E-state index contributed by atoms with van der Waals surface area (Å²) in [5, 5.41) is 6.03. The molecule has 1 saturated heterocycles. The minimum Gasteiger partial charge on any atom is -0.497 e. The number of rotatable bonds is 4. The first kappa shape index (κ1) is 19.7. The van der Waals surface area contributed by atoms with Gasteiger partial charge in [0.15, 0.2) is 0 Å². The number of hydrogen-bond acceptors (Lipinski definition) is 3. The van der Waals surface area contributed by atoms with E-state index in [1.165, 1.54) is 0 Å². The molecule has 0 atom stereocenters. The fraction of sp³-hybridized carbons (Fsp3) is 0.364. The zero-order valence-corrected chi connectivity index (χ0v) is 16.6. The van der Waals surface area contributed by atoms with Crippen molar-refractivity contribution in [3.8, 4) is 5.75 Å². The minimum absolute atomic E-state index is 0.0693. The molecule has 0 aromatic heterocycles. The second-order valence-corrected chi connectivity index (χ2v) is 7.27. The number of aryl methyl sites for hydroxylation is 2. The average Bonchev–Trinajstić information content (AvgIpc) is 2.67. The van der Waals surface area contributed by atoms with Crippen LogP contribution in [0.2, 0.25) is 0 Å². The lowest BCUT2D eigenvalue weighted by molar-refractivity contribution is 0.0919. The van der Waals surface area contributed by atoms with Gasteiger partial charge in [0, 0.05) is 30.4 Å². The van der Waals surface area contributed by atoms with Gasteiger partial charge in [0.05, 0.1) is 7.11 Å². The maximum absolute atomic E-state index is 12.5. The van der Waals surface area contributed by atoms with E-state index in [2.05, 4.69) is 16.7 Å². The highest BCUT2D eigenvalue weighted by atomic mass is 16.5. The smallest absolute Gasteiger partial charge is 0.321 e. The Bertz CT molecular complexity index is 820. The average molecular weight is 381 g/mol. The Morgan fingerprint density at radius 2 is 1.61 bits per heavy atom. The summed E-state index contributed by atoms with van der Waals surface area (Å²) >= 11 is 0. The van der Waals surface area contributed by atoms with Crippen LogP contribution in [0.4, 0.5) is 10.5 Å². The molecule has 6 heteroatoms. The number of carbonyl (C=O) groups excluding carboxylic acids is 2. The maximum atomic E-state index is 12.5. The normalized spacial score (nSPS) is 14.5. The fourth-order valence-corrected chi connectivity index (χ4v) is 3.49. The lowest BCUT2D eigenvalue weighted by atomic mass is 10.0. The number of carbonyl (C=O) groups is 2. The van der Waals surface area contributed by atoms with E-state index in [0.717, 1.165) is 35.4 Å². The summed E-state index contributed by atoms with van der Waals surface area (Å²) < 4.78 is 5.11. The molecule has 0 saturated carbocycles. The molecule has 0 unspecified atom stereocenters. The molecule has 0 bridgehead atoms. The standard InChI is InChI=1S/C22H27N3O3/c1-15-12-16(2)14-19(13-15)24-22(27)25-10-8-18(9-11-25)23-21(26)17-4-6-20(28-3)7-5-17/h4-7,12-14,18H,8-11H2,1-3H3,(H,23,26)(H,24,27). The van der Waals surface area contributed by atoms with Crippen LogP contribution in [0.25, 0.3) is 0 Å². The molecule has 0 radical (unpaired) electrons. The molecular formula is C22H27N3O3. The molecular weight excluding hydrogens is 354 g/mol. The van der Waals surface area contributed by atoms with Crippen molar-refractivity contribution in [2.45, 2.75) is 32.7 Å². The summed E-state index contributed by atoms with van der Waals surface area (Å²) in [6, 6.07) is 13.0. The monoisotopic (exact) mass is 381 g/mol. The number of nitrogens with one attached hydrogen (secondary N) is 2. The third-order valence-corrected chi connectivity index (χ3v) is 4.94. The van der Waals surface area contributed by atoms with Gasteiger partial charge in [-0.25, -0.2) is 4.79 Å². The van der Waals surface area contributed by atoms with Crippen molar-refractivity contribution in [3.05, 3.63) is 59.2 Å². The minimum atomic E-state index is -0.0965. The highest BCUT2D eigenvalue weighted by molar-refractivity contribution is 5.94. The number of ether oxygens (including phenoxy) is 1. The van der Waals surface area contributed by atoms with Crippen LogP contribution in [0.15, 0.2) is 42.5 Å². The van der Waals surface area contributed by atoms with Crippen molar-refractivity contribution >= 4 is 17.6 Å². The van der Waals surface area contributed by atoms with E-state index in [4.69, 9.17) is 4.74 Å². The van der Waals surface area contributed by atoms with Gasteiger partial charge in [0.25, 0.3) is 5.91 Å². The van der Waals surface area contributed by atoms with Crippen molar-refractivity contribution in [3.63, 3.8) is 0 Å².